The first-order chi connectivity index (χ1) is 9.15. The number of carbonyl (C=O) groups is 2. The number of rotatable bonds is 5. The molecule has 0 saturated carbocycles. The number of carboxylic acids is 1. The summed E-state index contributed by atoms with van der Waals surface area (Å²) < 4.78 is 0. The molecule has 7 heteroatoms. The number of amides is 1. The van der Waals surface area contributed by atoms with Crippen LogP contribution in [0.3, 0.4) is 0 Å². The third-order valence-corrected chi connectivity index (χ3v) is 2.44. The van der Waals surface area contributed by atoms with E-state index in [2.05, 4.69) is 20.5 Å². The molecule has 0 aliphatic heterocycles. The van der Waals surface area contributed by atoms with Gasteiger partial charge in [0.2, 0.25) is 5.91 Å². The van der Waals surface area contributed by atoms with Crippen molar-refractivity contribution in [2.75, 3.05) is 5.32 Å². The average Bonchev–Trinajstić information content (AvgIpc) is 2.86. The summed E-state index contributed by atoms with van der Waals surface area (Å²) in [5.74, 6) is -1.15. The highest BCUT2D eigenvalue weighted by Gasteiger charge is 2.10. The quantitative estimate of drug-likeness (QED) is 0.745. The minimum atomic E-state index is -1.12. The Labute approximate surface area is 108 Å². The van der Waals surface area contributed by atoms with E-state index in [1.54, 1.807) is 18.5 Å². The van der Waals surface area contributed by atoms with Gasteiger partial charge < -0.3 is 10.4 Å². The minimum Gasteiger partial charge on any atom is -0.477 e. The van der Waals surface area contributed by atoms with Gasteiger partial charge in [-0.2, -0.15) is 5.10 Å². The Morgan fingerprint density at radius 1 is 1.42 bits per heavy atom. The molecule has 3 N–H and O–H groups in total. The number of carboxylic acid groups (broad SMARTS) is 1. The van der Waals surface area contributed by atoms with Crippen molar-refractivity contribution in [2.24, 2.45) is 0 Å². The van der Waals surface area contributed by atoms with Crippen LogP contribution in [0.1, 0.15) is 22.5 Å². The molecule has 0 aliphatic carbocycles. The molecule has 1 amide bonds. The predicted molar refractivity (Wildman–Crippen MR) is 66.7 cm³/mol. The second-order valence-electron chi connectivity index (χ2n) is 3.88. The lowest BCUT2D eigenvalue weighted by Gasteiger charge is -2.01. The van der Waals surface area contributed by atoms with E-state index in [1.165, 1.54) is 6.07 Å². The lowest BCUT2D eigenvalue weighted by atomic mass is 10.1. The molecule has 0 saturated heterocycles. The molecule has 19 heavy (non-hydrogen) atoms. The maximum absolute atomic E-state index is 11.6. The molecular weight excluding hydrogens is 248 g/mol. The van der Waals surface area contributed by atoms with Gasteiger partial charge in [0.15, 0.2) is 5.82 Å². The summed E-state index contributed by atoms with van der Waals surface area (Å²) in [4.78, 5) is 26.2. The smallest absolute Gasteiger partial charge is 0.353 e. The first kappa shape index (κ1) is 12.7. The summed E-state index contributed by atoms with van der Waals surface area (Å²) in [5, 5.41) is 17.2. The highest BCUT2D eigenvalue weighted by molar-refractivity contribution is 5.92. The number of hydrogen-bond donors (Lipinski definition) is 3. The number of pyridine rings is 1. The van der Waals surface area contributed by atoms with Crippen molar-refractivity contribution >= 4 is 17.7 Å². The summed E-state index contributed by atoms with van der Waals surface area (Å²) in [6, 6.07) is 4.96. The molecule has 0 fully saturated rings. The van der Waals surface area contributed by atoms with E-state index < -0.39 is 5.97 Å². The van der Waals surface area contributed by atoms with Crippen molar-refractivity contribution in [3.63, 3.8) is 0 Å². The Hall–Kier alpha value is -2.70. The van der Waals surface area contributed by atoms with Crippen LogP contribution >= 0.6 is 0 Å². The summed E-state index contributed by atoms with van der Waals surface area (Å²) in [6.07, 6.45) is 4.21. The van der Waals surface area contributed by atoms with Gasteiger partial charge in [-0.15, -0.1) is 0 Å². The molecule has 0 aromatic carbocycles. The molecule has 0 radical (unpaired) electrons. The minimum absolute atomic E-state index is 0.0671. The van der Waals surface area contributed by atoms with E-state index in [1.807, 2.05) is 6.07 Å². The zero-order valence-electron chi connectivity index (χ0n) is 9.96. The second kappa shape index (κ2) is 5.76. The van der Waals surface area contributed by atoms with E-state index in [9.17, 15) is 9.59 Å². The fourth-order valence-corrected chi connectivity index (χ4v) is 1.50. The van der Waals surface area contributed by atoms with Crippen LogP contribution in [0.5, 0.6) is 0 Å². The van der Waals surface area contributed by atoms with Gasteiger partial charge in [0, 0.05) is 24.9 Å². The highest BCUT2D eigenvalue weighted by Crippen LogP contribution is 2.07. The number of aromatic nitrogens is 3. The van der Waals surface area contributed by atoms with E-state index in [0.29, 0.717) is 6.42 Å². The number of H-pyrrole nitrogens is 1. The number of carbonyl (C=O) groups excluding carboxylic acids is 1. The van der Waals surface area contributed by atoms with Gasteiger partial charge in [0.25, 0.3) is 0 Å². The SMILES string of the molecule is O=C(CCc1cccnc1)Nc1cc(C(=O)O)[nH]n1. The van der Waals surface area contributed by atoms with E-state index in [4.69, 9.17) is 5.11 Å². The standard InChI is InChI=1S/C12H12N4O3/c17-11(4-3-8-2-1-5-13-7-8)14-10-6-9(12(18)19)15-16-10/h1-2,5-7H,3-4H2,(H,18,19)(H2,14,15,16,17). The van der Waals surface area contributed by atoms with Gasteiger partial charge in [-0.3, -0.25) is 14.9 Å². The number of nitrogens with zero attached hydrogens (tertiary/aromatic N) is 2. The van der Waals surface area contributed by atoms with Crippen molar-refractivity contribution < 1.29 is 14.7 Å². The van der Waals surface area contributed by atoms with Gasteiger partial charge >= 0.3 is 5.97 Å². The number of aromatic carboxylic acids is 1. The van der Waals surface area contributed by atoms with E-state index >= 15 is 0 Å². The molecule has 98 valence electrons. The number of aromatic amines is 1. The maximum Gasteiger partial charge on any atom is 0.353 e. The Morgan fingerprint density at radius 3 is 2.89 bits per heavy atom. The molecule has 0 bridgehead atoms. The molecule has 2 rings (SSSR count). The van der Waals surface area contributed by atoms with Crippen molar-refractivity contribution in [3.8, 4) is 0 Å². The zero-order chi connectivity index (χ0) is 13.7. The largest absolute Gasteiger partial charge is 0.477 e. The molecule has 0 unspecified atom stereocenters. The highest BCUT2D eigenvalue weighted by atomic mass is 16.4. The zero-order valence-corrected chi connectivity index (χ0v) is 9.96. The van der Waals surface area contributed by atoms with E-state index in [0.717, 1.165) is 5.56 Å². The first-order valence-electron chi connectivity index (χ1n) is 5.62. The van der Waals surface area contributed by atoms with Crippen LogP contribution in [0.4, 0.5) is 5.82 Å². The van der Waals surface area contributed by atoms with Crippen LogP contribution < -0.4 is 5.32 Å². The van der Waals surface area contributed by atoms with Crippen LogP contribution in [0, 0.1) is 0 Å². The van der Waals surface area contributed by atoms with Gasteiger partial charge in [-0.05, 0) is 18.1 Å². The molecule has 2 aromatic rings. The first-order valence-corrected chi connectivity index (χ1v) is 5.62. The average molecular weight is 260 g/mol. The normalized spacial score (nSPS) is 10.1. The van der Waals surface area contributed by atoms with Crippen LogP contribution in [0.25, 0.3) is 0 Å². The molecule has 7 nitrogen and oxygen atoms in total. The van der Waals surface area contributed by atoms with Gasteiger partial charge in [-0.25, -0.2) is 4.79 Å². The monoisotopic (exact) mass is 260 g/mol. The fourth-order valence-electron chi connectivity index (χ4n) is 1.50. The molecule has 0 aliphatic rings. The van der Waals surface area contributed by atoms with Crippen molar-refractivity contribution in [3.05, 3.63) is 41.9 Å². The summed E-state index contributed by atoms with van der Waals surface area (Å²) in [6.45, 7) is 0. The molecular formula is C12H12N4O3. The van der Waals surface area contributed by atoms with Crippen molar-refractivity contribution in [1.29, 1.82) is 0 Å². The Kier molecular flexibility index (Phi) is 3.87. The van der Waals surface area contributed by atoms with Crippen LogP contribution in [0.2, 0.25) is 0 Å². The lowest BCUT2D eigenvalue weighted by Crippen LogP contribution is -2.12. The number of anilines is 1. The molecule has 2 heterocycles. The Balaban J connectivity index is 1.85. The third kappa shape index (κ3) is 3.63. The molecule has 2 aromatic heterocycles. The van der Waals surface area contributed by atoms with Crippen LogP contribution in [0.15, 0.2) is 30.6 Å². The Bertz CT molecular complexity index is 580. The predicted octanol–water partition coefficient (Wildman–Crippen LogP) is 1.07. The van der Waals surface area contributed by atoms with Crippen molar-refractivity contribution in [2.45, 2.75) is 12.8 Å². The van der Waals surface area contributed by atoms with Crippen LogP contribution in [-0.2, 0) is 11.2 Å². The van der Waals surface area contributed by atoms with Gasteiger partial charge in [0.05, 0.1) is 0 Å². The summed E-state index contributed by atoms with van der Waals surface area (Å²) in [7, 11) is 0. The molecule has 0 spiro atoms. The number of aryl methyl sites for hydroxylation is 1. The third-order valence-electron chi connectivity index (χ3n) is 2.44. The molecule has 0 atom stereocenters. The summed E-state index contributed by atoms with van der Waals surface area (Å²) in [5.41, 5.74) is 0.897. The topological polar surface area (TPSA) is 108 Å². The van der Waals surface area contributed by atoms with Crippen molar-refractivity contribution in [1.82, 2.24) is 15.2 Å². The summed E-state index contributed by atoms with van der Waals surface area (Å²) >= 11 is 0. The fraction of sp³-hybridized carbons (Fsp3) is 0.167. The Morgan fingerprint density at radius 2 is 2.26 bits per heavy atom. The van der Waals surface area contributed by atoms with Gasteiger partial charge in [-0.1, -0.05) is 6.07 Å². The number of hydrogen-bond acceptors (Lipinski definition) is 4. The van der Waals surface area contributed by atoms with E-state index in [-0.39, 0.29) is 23.8 Å². The van der Waals surface area contributed by atoms with Gasteiger partial charge in [0.1, 0.15) is 5.69 Å². The lowest BCUT2D eigenvalue weighted by molar-refractivity contribution is -0.116. The second-order valence-corrected chi connectivity index (χ2v) is 3.88. The number of nitrogens with one attached hydrogen (secondary N) is 2. The maximum atomic E-state index is 11.6. The van der Waals surface area contributed by atoms with Crippen LogP contribution in [-0.4, -0.2) is 32.2 Å².